The molecule has 0 aliphatic heterocycles. The van der Waals surface area contributed by atoms with Crippen molar-refractivity contribution in [1.82, 2.24) is 0 Å². The average Bonchev–Trinajstić information content (AvgIpc) is 3.50. The minimum absolute atomic E-state index is 0.0371. The van der Waals surface area contributed by atoms with Crippen LogP contribution in [0, 0.1) is 35.0 Å². The Bertz CT molecular complexity index is 644. The molecule has 0 aromatic rings. The normalized spacial score (nSPS) is 32.4. The Morgan fingerprint density at radius 3 is 2.09 bits per heavy atom. The monoisotopic (exact) mass is 1090 g/mol. The fourth-order valence-corrected chi connectivity index (χ4v) is 5.63. The summed E-state index contributed by atoms with van der Waals surface area (Å²) in [4.78, 5) is 22.8. The number of ketones is 1. The molecule has 4 rings (SSSR count). The Morgan fingerprint density at radius 1 is 1.00 bits per heavy atom. The molecule has 0 saturated heterocycles. The number of carbonyl (C=O) groups is 2. The third kappa shape index (κ3) is 12.6. The van der Waals surface area contributed by atoms with E-state index in [2.05, 4.69) is 138 Å². The van der Waals surface area contributed by atoms with Crippen LogP contribution in [0.3, 0.4) is 0 Å². The van der Waals surface area contributed by atoms with Crippen molar-refractivity contribution in [1.29, 1.82) is 0 Å². The van der Waals surface area contributed by atoms with E-state index in [1.165, 1.54) is 38.4 Å². The zero-order valence-corrected chi connectivity index (χ0v) is 33.0. The molecule has 33 heavy (non-hydrogen) atoms. The van der Waals surface area contributed by atoms with Crippen LogP contribution in [0.5, 0.6) is 0 Å². The molecular weight excluding hydrogens is 1060 g/mol. The zero-order valence-electron chi connectivity index (χ0n) is 19.4. The summed E-state index contributed by atoms with van der Waals surface area (Å²) in [5, 5.41) is 0. The maximum atomic E-state index is 11.8. The van der Waals surface area contributed by atoms with E-state index in [9.17, 15) is 9.59 Å². The SMILES string of the molecule is CCCCC1(C=O)CC2C=CC1C2.CCCCC1CC2C=CC(C2)C1=O.[I][V]([I])[I].[I][V][I]. The number of rotatable bonds is 7. The Labute approximate surface area is 268 Å². The predicted molar refractivity (Wildman–Crippen MR) is 177 cm³/mol. The minimum atomic E-state index is -0.278. The Hall–Kier alpha value is 3.64. The van der Waals surface area contributed by atoms with Gasteiger partial charge in [0, 0.05) is 17.3 Å². The molecule has 0 radical (unpaired) electrons. The van der Waals surface area contributed by atoms with E-state index in [1.807, 2.05) is 0 Å². The van der Waals surface area contributed by atoms with Gasteiger partial charge in [-0.1, -0.05) is 63.8 Å². The molecule has 2 saturated carbocycles. The van der Waals surface area contributed by atoms with Crippen molar-refractivity contribution in [2.75, 3.05) is 0 Å². The van der Waals surface area contributed by atoms with E-state index in [1.54, 1.807) is 0 Å². The molecule has 0 amide bonds. The first kappa shape index (κ1) is 34.7. The van der Waals surface area contributed by atoms with Crippen molar-refractivity contribution >= 4 is 112 Å². The number of unbranched alkanes of at least 4 members (excludes halogenated alkanes) is 2. The fourth-order valence-electron chi connectivity index (χ4n) is 5.63. The Morgan fingerprint density at radius 2 is 1.61 bits per heavy atom. The van der Waals surface area contributed by atoms with Crippen LogP contribution < -0.4 is 0 Å². The molecule has 0 spiro atoms. The van der Waals surface area contributed by atoms with Gasteiger partial charge in [0.05, 0.1) is 0 Å². The zero-order chi connectivity index (χ0) is 24.9. The van der Waals surface area contributed by atoms with E-state index < -0.39 is 0 Å². The first-order valence-corrected chi connectivity index (χ1v) is 34.4. The van der Waals surface area contributed by atoms with E-state index in [0.717, 1.165) is 38.0 Å². The summed E-state index contributed by atoms with van der Waals surface area (Å²) in [7, 11) is 0.628. The standard InChI is InChI=1S/2C12H18O.5HI.2V/c1-2-3-6-12(9-13)8-10-4-5-11(12)7-10;1-2-3-4-10-7-9-5-6-11(8-9)12(10)13;;;;;;;/h4-5,9-11H,2-3,6-8H2,1H3;5-6,9-11H,2-4,7-8H2,1H3;5*1H;;/q;;;;;;;+2;+3/p-5. The van der Waals surface area contributed by atoms with Gasteiger partial charge in [-0.15, -0.1) is 0 Å². The molecule has 0 N–H and O–H groups in total. The van der Waals surface area contributed by atoms with Crippen LogP contribution >= 0.6 is 99.9 Å². The topological polar surface area (TPSA) is 34.1 Å². The number of hydrogen-bond donors (Lipinski definition) is 0. The van der Waals surface area contributed by atoms with Crippen molar-refractivity contribution in [2.24, 2.45) is 35.0 Å². The molecule has 2 fully saturated rings. The number of carbonyl (C=O) groups excluding carboxylic acids is 2. The van der Waals surface area contributed by atoms with Gasteiger partial charge in [0.25, 0.3) is 0 Å². The molecule has 9 heteroatoms. The number of aldehydes is 1. The number of hydrogen-bond acceptors (Lipinski definition) is 2. The second kappa shape index (κ2) is 19.7. The molecule has 0 heterocycles. The molecule has 189 valence electrons. The van der Waals surface area contributed by atoms with E-state index in [-0.39, 0.29) is 10.3 Å². The molecule has 4 aliphatic rings. The first-order chi connectivity index (χ1) is 15.8. The maximum absolute atomic E-state index is 11.8. The number of allylic oxidation sites excluding steroid dienone is 4. The molecule has 4 aliphatic carbocycles. The van der Waals surface area contributed by atoms with Crippen LogP contribution in [0.15, 0.2) is 24.3 Å². The van der Waals surface area contributed by atoms with Gasteiger partial charge in [0.15, 0.2) is 0 Å². The van der Waals surface area contributed by atoms with Gasteiger partial charge < -0.3 is 4.79 Å². The first-order valence-electron chi connectivity index (χ1n) is 11.8. The summed E-state index contributed by atoms with van der Waals surface area (Å²) in [6.07, 6.45) is 21.9. The van der Waals surface area contributed by atoms with Gasteiger partial charge in [-0.3, -0.25) is 4.79 Å². The molecule has 2 nitrogen and oxygen atoms in total. The molecule has 6 atom stereocenters. The number of halogens is 5. The molecule has 4 bridgehead atoms. The number of fused-ring (bicyclic) bond motifs is 4. The van der Waals surface area contributed by atoms with E-state index >= 15 is 0 Å². The van der Waals surface area contributed by atoms with Crippen LogP contribution in [-0.2, 0) is 24.0 Å². The summed E-state index contributed by atoms with van der Waals surface area (Å²) < 4.78 is 0. The summed E-state index contributed by atoms with van der Waals surface area (Å²) in [6, 6.07) is 0. The summed E-state index contributed by atoms with van der Waals surface area (Å²) in [6.45, 7) is 4.39. The van der Waals surface area contributed by atoms with Crippen molar-refractivity contribution in [2.45, 2.75) is 78.1 Å². The van der Waals surface area contributed by atoms with E-state index in [4.69, 9.17) is 0 Å². The Balaban J connectivity index is 0.000000259. The van der Waals surface area contributed by atoms with Gasteiger partial charge in [-0.2, -0.15) is 0 Å². The number of Topliss-reactive ketones (excluding diaryl/α,β-unsaturated/α-hetero) is 1. The molecular formula is C24H36I5O2V2. The van der Waals surface area contributed by atoms with Gasteiger partial charge in [-0.25, -0.2) is 0 Å². The fraction of sp³-hybridized carbons (Fsp3) is 0.750. The van der Waals surface area contributed by atoms with Crippen LogP contribution in [0.1, 0.15) is 78.1 Å². The predicted octanol–water partition coefficient (Wildman–Crippen LogP) is 10.3. The molecule has 0 aromatic carbocycles. The summed E-state index contributed by atoms with van der Waals surface area (Å²) in [5.74, 6) is 3.22. The third-order valence-corrected chi connectivity index (χ3v) is 7.22. The van der Waals surface area contributed by atoms with Crippen LogP contribution in [-0.4, -0.2) is 12.1 Å². The van der Waals surface area contributed by atoms with Crippen molar-refractivity contribution in [3.63, 3.8) is 0 Å². The second-order valence-electron chi connectivity index (χ2n) is 9.37. The van der Waals surface area contributed by atoms with Crippen LogP contribution in [0.2, 0.25) is 0 Å². The van der Waals surface area contributed by atoms with Crippen molar-refractivity contribution < 1.29 is 24.0 Å². The van der Waals surface area contributed by atoms with E-state index in [0.29, 0.717) is 38.9 Å². The van der Waals surface area contributed by atoms with Gasteiger partial charge in [0.1, 0.15) is 12.1 Å². The summed E-state index contributed by atoms with van der Waals surface area (Å²) >= 11 is 12.1. The van der Waals surface area contributed by atoms with Crippen LogP contribution in [0.4, 0.5) is 0 Å². The molecule has 0 aromatic heterocycles. The van der Waals surface area contributed by atoms with Gasteiger partial charge >= 0.3 is 114 Å². The van der Waals surface area contributed by atoms with Gasteiger partial charge in [-0.05, 0) is 56.3 Å². The Kier molecular flexibility index (Phi) is 20.7. The van der Waals surface area contributed by atoms with Crippen molar-refractivity contribution in [3.8, 4) is 0 Å². The van der Waals surface area contributed by atoms with Crippen LogP contribution in [0.25, 0.3) is 0 Å². The third-order valence-electron chi connectivity index (χ3n) is 7.22. The quantitative estimate of drug-likeness (QED) is 0.145. The molecule has 6 unspecified atom stereocenters. The average molecular weight is 1090 g/mol. The van der Waals surface area contributed by atoms with Gasteiger partial charge in [0.2, 0.25) is 0 Å². The second-order valence-corrected chi connectivity index (χ2v) is 56.5. The van der Waals surface area contributed by atoms with Crippen molar-refractivity contribution in [3.05, 3.63) is 24.3 Å². The summed E-state index contributed by atoms with van der Waals surface area (Å²) in [5.41, 5.74) is 0.0371.